The molecule has 0 N–H and O–H groups in total. The number of halogens is 1. The van der Waals surface area contributed by atoms with E-state index in [1.54, 1.807) is 4.68 Å². The van der Waals surface area contributed by atoms with Gasteiger partial charge in [-0.25, -0.2) is 0 Å². The lowest BCUT2D eigenvalue weighted by molar-refractivity contribution is -0.132. The third kappa shape index (κ3) is 5.60. The summed E-state index contributed by atoms with van der Waals surface area (Å²) in [6, 6.07) is 8.07. The zero-order valence-electron chi connectivity index (χ0n) is 18.8. The maximum absolute atomic E-state index is 12.5. The predicted octanol–water partition coefficient (Wildman–Crippen LogP) is 4.07. The number of rotatable bonds is 8. The van der Waals surface area contributed by atoms with Crippen LogP contribution in [0.1, 0.15) is 42.6 Å². The van der Waals surface area contributed by atoms with Crippen molar-refractivity contribution < 1.29 is 9.53 Å². The highest BCUT2D eigenvalue weighted by Gasteiger charge is 2.32. The first-order valence-corrected chi connectivity index (χ1v) is 11.7. The lowest BCUT2D eigenvalue weighted by Crippen LogP contribution is -2.42. The summed E-state index contributed by atoms with van der Waals surface area (Å²) < 4.78 is 7.90. The summed E-state index contributed by atoms with van der Waals surface area (Å²) in [6.45, 7) is 8.22. The summed E-state index contributed by atoms with van der Waals surface area (Å²) in [5, 5.41) is 5.17. The van der Waals surface area contributed by atoms with Crippen LogP contribution in [0, 0.1) is 19.8 Å². The van der Waals surface area contributed by atoms with Gasteiger partial charge in [0.25, 0.3) is 0 Å². The Morgan fingerprint density at radius 2 is 1.97 bits per heavy atom. The number of amides is 1. The van der Waals surface area contributed by atoms with Gasteiger partial charge < -0.3 is 9.64 Å². The minimum absolute atomic E-state index is 0.0935. The van der Waals surface area contributed by atoms with E-state index in [1.165, 1.54) is 18.4 Å². The molecule has 1 aromatic carbocycles. The van der Waals surface area contributed by atoms with Crippen molar-refractivity contribution in [3.8, 4) is 5.75 Å². The second-order valence-electron chi connectivity index (χ2n) is 9.17. The SMILES string of the molecule is Cc1cc(C)n(CC(=O)N(C)CC2CC(Oc3ccc(CN4CCCC4)c(Cl)c3)C2)n1. The fourth-order valence-electron chi connectivity index (χ4n) is 4.60. The first-order valence-electron chi connectivity index (χ1n) is 11.3. The van der Waals surface area contributed by atoms with Gasteiger partial charge in [-0.05, 0) is 82.3 Å². The number of likely N-dealkylation sites (N-methyl/N-ethyl adjacent to an activating group) is 1. The molecular formula is C24H33ClN4O2. The number of carbonyl (C=O) groups excluding carboxylic acids is 1. The van der Waals surface area contributed by atoms with E-state index in [-0.39, 0.29) is 12.0 Å². The summed E-state index contributed by atoms with van der Waals surface area (Å²) in [7, 11) is 1.88. The zero-order valence-corrected chi connectivity index (χ0v) is 19.6. The minimum atomic E-state index is 0.0935. The van der Waals surface area contributed by atoms with Gasteiger partial charge in [-0.2, -0.15) is 5.10 Å². The number of ether oxygens (including phenoxy) is 1. The van der Waals surface area contributed by atoms with Crippen LogP contribution in [-0.4, -0.2) is 58.3 Å². The van der Waals surface area contributed by atoms with Crippen molar-refractivity contribution in [3.05, 3.63) is 46.2 Å². The van der Waals surface area contributed by atoms with Crippen molar-refractivity contribution in [1.82, 2.24) is 19.6 Å². The Kier molecular flexibility index (Phi) is 6.87. The van der Waals surface area contributed by atoms with E-state index in [2.05, 4.69) is 16.1 Å². The van der Waals surface area contributed by atoms with Gasteiger partial charge in [0.15, 0.2) is 0 Å². The summed E-state index contributed by atoms with van der Waals surface area (Å²) in [5.41, 5.74) is 3.13. The summed E-state index contributed by atoms with van der Waals surface area (Å²) in [5.74, 6) is 1.41. The second-order valence-corrected chi connectivity index (χ2v) is 9.58. The molecule has 2 aliphatic rings. The first kappa shape index (κ1) is 22.2. The van der Waals surface area contributed by atoms with Crippen molar-refractivity contribution in [3.63, 3.8) is 0 Å². The minimum Gasteiger partial charge on any atom is -0.490 e. The van der Waals surface area contributed by atoms with E-state index in [9.17, 15) is 4.79 Å². The lowest BCUT2D eigenvalue weighted by Gasteiger charge is -2.37. The van der Waals surface area contributed by atoms with E-state index in [4.69, 9.17) is 16.3 Å². The molecule has 1 aliphatic carbocycles. The van der Waals surface area contributed by atoms with E-state index >= 15 is 0 Å². The molecule has 2 heterocycles. The first-order chi connectivity index (χ1) is 14.9. The zero-order chi connectivity index (χ0) is 22.0. The molecule has 7 heteroatoms. The van der Waals surface area contributed by atoms with Gasteiger partial charge in [-0.15, -0.1) is 0 Å². The molecule has 0 radical (unpaired) electrons. The number of likely N-dealkylation sites (tertiary alicyclic amines) is 1. The molecule has 1 aliphatic heterocycles. The number of hydrogen-bond acceptors (Lipinski definition) is 4. The van der Waals surface area contributed by atoms with Crippen LogP contribution >= 0.6 is 11.6 Å². The highest BCUT2D eigenvalue weighted by atomic mass is 35.5. The van der Waals surface area contributed by atoms with Crippen molar-refractivity contribution in [2.24, 2.45) is 5.92 Å². The lowest BCUT2D eigenvalue weighted by atomic mass is 9.82. The van der Waals surface area contributed by atoms with E-state index in [0.29, 0.717) is 12.5 Å². The van der Waals surface area contributed by atoms with Gasteiger partial charge in [0.1, 0.15) is 12.3 Å². The van der Waals surface area contributed by atoms with Gasteiger partial charge >= 0.3 is 0 Å². The summed E-state index contributed by atoms with van der Waals surface area (Å²) in [4.78, 5) is 16.8. The number of aromatic nitrogens is 2. The van der Waals surface area contributed by atoms with Crippen LogP contribution in [0.5, 0.6) is 5.75 Å². The molecule has 1 saturated carbocycles. The molecule has 1 amide bonds. The number of aryl methyl sites for hydroxylation is 2. The fourth-order valence-corrected chi connectivity index (χ4v) is 4.83. The molecule has 1 aromatic heterocycles. The summed E-state index contributed by atoms with van der Waals surface area (Å²) in [6.07, 6.45) is 4.69. The maximum atomic E-state index is 12.5. The monoisotopic (exact) mass is 444 g/mol. The Balaban J connectivity index is 1.20. The molecule has 0 spiro atoms. The Morgan fingerprint density at radius 1 is 1.23 bits per heavy atom. The molecule has 4 rings (SSSR count). The molecule has 0 unspecified atom stereocenters. The fraction of sp³-hybridized carbons (Fsp3) is 0.583. The van der Waals surface area contributed by atoms with Gasteiger partial charge in [0, 0.05) is 30.9 Å². The molecule has 6 nitrogen and oxygen atoms in total. The highest BCUT2D eigenvalue weighted by Crippen LogP contribution is 2.33. The number of hydrogen-bond donors (Lipinski definition) is 0. The molecule has 2 fully saturated rings. The quantitative estimate of drug-likeness (QED) is 0.616. The standard InChI is InChI=1S/C24H33ClN4O2/c1-17-10-18(2)29(26-17)16-24(30)27(3)14-19-11-22(12-19)31-21-7-6-20(23(25)13-21)15-28-8-4-5-9-28/h6-7,10,13,19,22H,4-5,8-9,11-12,14-16H2,1-3H3. The average Bonchev–Trinajstić information content (AvgIpc) is 3.31. The van der Waals surface area contributed by atoms with Gasteiger partial charge in [0.05, 0.1) is 11.8 Å². The van der Waals surface area contributed by atoms with Crippen LogP contribution in [0.4, 0.5) is 0 Å². The van der Waals surface area contributed by atoms with Crippen LogP contribution in [0.3, 0.4) is 0 Å². The van der Waals surface area contributed by atoms with Crippen LogP contribution in [-0.2, 0) is 17.9 Å². The van der Waals surface area contributed by atoms with Gasteiger partial charge in [-0.3, -0.25) is 14.4 Å². The Labute approximate surface area is 190 Å². The van der Waals surface area contributed by atoms with Crippen molar-refractivity contribution in [2.45, 2.75) is 58.7 Å². The molecule has 168 valence electrons. The second kappa shape index (κ2) is 9.61. The largest absolute Gasteiger partial charge is 0.490 e. The highest BCUT2D eigenvalue weighted by molar-refractivity contribution is 6.31. The maximum Gasteiger partial charge on any atom is 0.244 e. The van der Waals surface area contributed by atoms with Crippen molar-refractivity contribution >= 4 is 17.5 Å². The number of benzene rings is 1. The van der Waals surface area contributed by atoms with E-state index in [1.807, 2.05) is 44.0 Å². The average molecular weight is 445 g/mol. The topological polar surface area (TPSA) is 50.6 Å². The van der Waals surface area contributed by atoms with Crippen molar-refractivity contribution in [2.75, 3.05) is 26.7 Å². The third-order valence-electron chi connectivity index (χ3n) is 6.46. The Hall–Kier alpha value is -2.05. The van der Waals surface area contributed by atoms with Crippen molar-refractivity contribution in [1.29, 1.82) is 0 Å². The number of carbonyl (C=O) groups is 1. The van der Waals surface area contributed by atoms with E-state index < -0.39 is 0 Å². The smallest absolute Gasteiger partial charge is 0.244 e. The Bertz CT molecular complexity index is 916. The normalized spacial score (nSPS) is 21.2. The van der Waals surface area contributed by atoms with Crippen LogP contribution in [0.25, 0.3) is 0 Å². The van der Waals surface area contributed by atoms with Crippen LogP contribution in [0.2, 0.25) is 5.02 Å². The van der Waals surface area contributed by atoms with Crippen LogP contribution < -0.4 is 4.74 Å². The van der Waals surface area contributed by atoms with Gasteiger partial charge in [0.2, 0.25) is 5.91 Å². The molecule has 0 atom stereocenters. The van der Waals surface area contributed by atoms with E-state index in [0.717, 1.165) is 61.2 Å². The predicted molar refractivity (Wildman–Crippen MR) is 122 cm³/mol. The van der Waals surface area contributed by atoms with Gasteiger partial charge in [-0.1, -0.05) is 17.7 Å². The van der Waals surface area contributed by atoms with Crippen LogP contribution in [0.15, 0.2) is 24.3 Å². The molecule has 2 aromatic rings. The third-order valence-corrected chi connectivity index (χ3v) is 6.81. The summed E-state index contributed by atoms with van der Waals surface area (Å²) >= 11 is 6.51. The number of nitrogens with zero attached hydrogens (tertiary/aromatic N) is 4. The Morgan fingerprint density at radius 3 is 2.61 bits per heavy atom. The molecular weight excluding hydrogens is 412 g/mol. The molecule has 31 heavy (non-hydrogen) atoms. The molecule has 1 saturated heterocycles. The molecule has 0 bridgehead atoms.